The maximum absolute atomic E-state index is 11.8. The van der Waals surface area contributed by atoms with Crippen LogP contribution in [-0.2, 0) is 14.4 Å². The Hall–Kier alpha value is -1.24. The minimum Gasteiger partial charge on any atom is -0.481 e. The Morgan fingerprint density at radius 2 is 2.24 bits per heavy atom. The fraction of sp³-hybridized carbons (Fsp3) is 0.700. The maximum Gasteiger partial charge on any atom is 0.313 e. The van der Waals surface area contributed by atoms with Gasteiger partial charge in [0.15, 0.2) is 0 Å². The zero-order chi connectivity index (χ0) is 12.8. The van der Waals surface area contributed by atoms with Crippen LogP contribution in [0.3, 0.4) is 0 Å². The van der Waals surface area contributed by atoms with Crippen molar-refractivity contribution in [1.82, 2.24) is 10.2 Å². The highest BCUT2D eigenvalue weighted by Crippen LogP contribution is 2.11. The van der Waals surface area contributed by atoms with Gasteiger partial charge in [-0.05, 0) is 6.42 Å². The summed E-state index contributed by atoms with van der Waals surface area (Å²) in [5.41, 5.74) is 0. The molecule has 6 nitrogen and oxygen atoms in total. The number of carboxylic acids is 1. The number of hydrogen-bond donors (Lipinski definition) is 2. The number of amides is 2. The van der Waals surface area contributed by atoms with Gasteiger partial charge in [-0.2, -0.15) is 0 Å². The van der Waals surface area contributed by atoms with Gasteiger partial charge in [-0.25, -0.2) is 0 Å². The van der Waals surface area contributed by atoms with Gasteiger partial charge in [-0.3, -0.25) is 14.4 Å². The van der Waals surface area contributed by atoms with E-state index in [1.807, 2.05) is 6.92 Å². The molecule has 0 radical (unpaired) electrons. The summed E-state index contributed by atoms with van der Waals surface area (Å²) in [5.74, 6) is -1.22. The van der Waals surface area contributed by atoms with Gasteiger partial charge >= 0.3 is 5.97 Å². The number of aliphatic carboxylic acids is 1. The predicted molar refractivity (Wildman–Crippen MR) is 63.8 cm³/mol. The molecule has 1 fully saturated rings. The molecule has 2 amide bonds. The number of carbonyl (C=O) groups is 3. The largest absolute Gasteiger partial charge is 0.481 e. The summed E-state index contributed by atoms with van der Waals surface area (Å²) in [6.45, 7) is 2.81. The molecule has 17 heavy (non-hydrogen) atoms. The summed E-state index contributed by atoms with van der Waals surface area (Å²) in [6.07, 6.45) is 0.571. The van der Waals surface area contributed by atoms with E-state index in [1.165, 1.54) is 4.90 Å². The molecule has 2 N–H and O–H groups in total. The highest BCUT2D eigenvalue weighted by Gasteiger charge is 2.31. The molecule has 1 rings (SSSR count). The number of thioether (sulfide) groups is 1. The second kappa shape index (κ2) is 6.48. The molecule has 0 aromatic heterocycles. The Balaban J connectivity index is 2.48. The molecule has 0 bridgehead atoms. The smallest absolute Gasteiger partial charge is 0.313 e. The van der Waals surface area contributed by atoms with Gasteiger partial charge in [0.25, 0.3) is 0 Å². The number of rotatable bonds is 5. The monoisotopic (exact) mass is 260 g/mol. The summed E-state index contributed by atoms with van der Waals surface area (Å²) in [4.78, 5) is 35.2. The van der Waals surface area contributed by atoms with E-state index >= 15 is 0 Å². The van der Waals surface area contributed by atoms with Crippen LogP contribution in [0.4, 0.5) is 0 Å². The van der Waals surface area contributed by atoms with E-state index in [9.17, 15) is 14.4 Å². The molecule has 0 aromatic carbocycles. The molecule has 1 atom stereocenters. The SMILES string of the molecule is CCC1C(=O)NCCN1C(=O)CSCC(=O)O. The first kappa shape index (κ1) is 13.8. The van der Waals surface area contributed by atoms with Crippen LogP contribution in [0.2, 0.25) is 0 Å². The Bertz CT molecular complexity index is 321. The number of hydrogen-bond acceptors (Lipinski definition) is 4. The summed E-state index contributed by atoms with van der Waals surface area (Å²) in [7, 11) is 0. The van der Waals surface area contributed by atoms with E-state index in [0.29, 0.717) is 19.5 Å². The molecule has 1 aliphatic heterocycles. The van der Waals surface area contributed by atoms with Crippen LogP contribution < -0.4 is 5.32 Å². The van der Waals surface area contributed by atoms with E-state index < -0.39 is 12.0 Å². The lowest BCUT2D eigenvalue weighted by Gasteiger charge is -2.34. The van der Waals surface area contributed by atoms with Gasteiger partial charge in [0.05, 0.1) is 11.5 Å². The molecule has 96 valence electrons. The van der Waals surface area contributed by atoms with Crippen LogP contribution >= 0.6 is 11.8 Å². The van der Waals surface area contributed by atoms with Crippen molar-refractivity contribution in [3.8, 4) is 0 Å². The van der Waals surface area contributed by atoms with Gasteiger partial charge in [0.1, 0.15) is 6.04 Å². The molecule has 1 aliphatic rings. The first-order chi connectivity index (χ1) is 8.06. The molecule has 7 heteroatoms. The third kappa shape index (κ3) is 3.92. The molecule has 1 saturated heterocycles. The lowest BCUT2D eigenvalue weighted by molar-refractivity contribution is -0.141. The first-order valence-electron chi connectivity index (χ1n) is 5.43. The van der Waals surface area contributed by atoms with Crippen molar-refractivity contribution in [2.24, 2.45) is 0 Å². The van der Waals surface area contributed by atoms with Crippen molar-refractivity contribution in [2.45, 2.75) is 19.4 Å². The van der Waals surface area contributed by atoms with E-state index in [-0.39, 0.29) is 23.3 Å². The first-order valence-corrected chi connectivity index (χ1v) is 6.58. The number of nitrogens with one attached hydrogen (secondary N) is 1. The average Bonchev–Trinajstić information content (AvgIpc) is 2.28. The van der Waals surface area contributed by atoms with E-state index in [1.54, 1.807) is 0 Å². The second-order valence-corrected chi connectivity index (χ2v) is 4.67. The summed E-state index contributed by atoms with van der Waals surface area (Å²) < 4.78 is 0. The van der Waals surface area contributed by atoms with Crippen molar-refractivity contribution in [3.63, 3.8) is 0 Å². The highest BCUT2D eigenvalue weighted by molar-refractivity contribution is 8.00. The molecule has 0 saturated carbocycles. The minimum atomic E-state index is -0.939. The van der Waals surface area contributed by atoms with Gasteiger partial charge < -0.3 is 15.3 Å². The van der Waals surface area contributed by atoms with Gasteiger partial charge in [0, 0.05) is 13.1 Å². The number of piperazine rings is 1. The van der Waals surface area contributed by atoms with E-state index in [0.717, 1.165) is 11.8 Å². The van der Waals surface area contributed by atoms with E-state index in [2.05, 4.69) is 5.32 Å². The lowest BCUT2D eigenvalue weighted by Crippen LogP contribution is -2.57. The Labute approximate surface area is 104 Å². The van der Waals surface area contributed by atoms with Crippen molar-refractivity contribution in [3.05, 3.63) is 0 Å². The number of carbonyl (C=O) groups excluding carboxylic acids is 2. The van der Waals surface area contributed by atoms with Gasteiger partial charge in [0.2, 0.25) is 11.8 Å². The topological polar surface area (TPSA) is 86.7 Å². The fourth-order valence-corrected chi connectivity index (χ4v) is 2.34. The van der Waals surface area contributed by atoms with Crippen LogP contribution in [0.1, 0.15) is 13.3 Å². The van der Waals surface area contributed by atoms with Crippen molar-refractivity contribution in [2.75, 3.05) is 24.6 Å². The van der Waals surface area contributed by atoms with Crippen LogP contribution in [0.15, 0.2) is 0 Å². The summed E-state index contributed by atoms with van der Waals surface area (Å²) >= 11 is 1.05. The molecular weight excluding hydrogens is 244 g/mol. The third-order valence-corrected chi connectivity index (χ3v) is 3.39. The van der Waals surface area contributed by atoms with Crippen LogP contribution in [-0.4, -0.2) is 58.4 Å². The average molecular weight is 260 g/mol. The standard InChI is InChI=1S/C10H16N2O4S/c1-2-7-10(16)11-3-4-12(7)8(13)5-17-6-9(14)15/h7H,2-6H2,1H3,(H,11,16)(H,14,15). The summed E-state index contributed by atoms with van der Waals surface area (Å²) in [5, 5.41) is 11.2. The zero-order valence-electron chi connectivity index (χ0n) is 9.64. The Morgan fingerprint density at radius 1 is 1.53 bits per heavy atom. The van der Waals surface area contributed by atoms with Crippen molar-refractivity contribution < 1.29 is 19.5 Å². The molecule has 0 aromatic rings. The molecule has 1 unspecified atom stereocenters. The van der Waals surface area contributed by atoms with Crippen LogP contribution in [0, 0.1) is 0 Å². The highest BCUT2D eigenvalue weighted by atomic mass is 32.2. The number of nitrogens with zero attached hydrogens (tertiary/aromatic N) is 1. The maximum atomic E-state index is 11.8. The number of carboxylic acid groups (broad SMARTS) is 1. The zero-order valence-corrected chi connectivity index (χ0v) is 10.5. The van der Waals surface area contributed by atoms with Gasteiger partial charge in [-0.1, -0.05) is 6.92 Å². The van der Waals surface area contributed by atoms with Crippen molar-refractivity contribution in [1.29, 1.82) is 0 Å². The van der Waals surface area contributed by atoms with Crippen molar-refractivity contribution >= 4 is 29.5 Å². The molecule has 0 aliphatic carbocycles. The predicted octanol–water partition coefficient (Wildman–Crippen LogP) is -0.459. The third-order valence-electron chi connectivity index (χ3n) is 2.49. The lowest BCUT2D eigenvalue weighted by atomic mass is 10.1. The molecule has 0 spiro atoms. The quantitative estimate of drug-likeness (QED) is 0.698. The van der Waals surface area contributed by atoms with Crippen LogP contribution in [0.5, 0.6) is 0 Å². The van der Waals surface area contributed by atoms with E-state index in [4.69, 9.17) is 5.11 Å². The Kier molecular flexibility index (Phi) is 5.27. The van der Waals surface area contributed by atoms with Crippen LogP contribution in [0.25, 0.3) is 0 Å². The van der Waals surface area contributed by atoms with Gasteiger partial charge in [-0.15, -0.1) is 11.8 Å². The molecule has 1 heterocycles. The second-order valence-electron chi connectivity index (χ2n) is 3.69. The normalized spacial score (nSPS) is 19.9. The summed E-state index contributed by atoms with van der Waals surface area (Å²) in [6, 6.07) is -0.415. The Morgan fingerprint density at radius 3 is 2.82 bits per heavy atom. The fourth-order valence-electron chi connectivity index (χ4n) is 1.73. The minimum absolute atomic E-state index is 0.0947. The molecular formula is C10H16N2O4S.